The molecule has 1 heterocycles. The summed E-state index contributed by atoms with van der Waals surface area (Å²) in [6.45, 7) is 2.19. The number of halogens is 1. The van der Waals surface area contributed by atoms with Crippen molar-refractivity contribution in [2.75, 3.05) is 25.6 Å². The first-order valence-corrected chi connectivity index (χ1v) is 10.2. The summed E-state index contributed by atoms with van der Waals surface area (Å²) < 4.78 is 23.9. The van der Waals surface area contributed by atoms with Crippen molar-refractivity contribution in [1.82, 2.24) is 0 Å². The summed E-state index contributed by atoms with van der Waals surface area (Å²) in [6.07, 6.45) is 0. The van der Waals surface area contributed by atoms with Crippen molar-refractivity contribution in [3.63, 3.8) is 0 Å². The molecular weight excluding hydrogens is 434 g/mol. The minimum atomic E-state index is 0.468. The standard InChI is InChI=1S/C23H22BrNO4/c1-26-22-12-18(24)11-17(23(22)29-15-16-5-3-2-4-6-16)14-25-19-7-8-20-21(13-19)28-10-9-27-20/h2-8,11-13,25H,9-10,14-15H2,1H3. The summed E-state index contributed by atoms with van der Waals surface area (Å²) in [5.41, 5.74) is 3.03. The van der Waals surface area contributed by atoms with Crippen LogP contribution in [0.5, 0.6) is 23.0 Å². The van der Waals surface area contributed by atoms with Gasteiger partial charge in [-0.15, -0.1) is 0 Å². The van der Waals surface area contributed by atoms with Gasteiger partial charge in [0.2, 0.25) is 0 Å². The molecule has 3 aromatic carbocycles. The van der Waals surface area contributed by atoms with Gasteiger partial charge in [0, 0.05) is 28.3 Å². The molecule has 150 valence electrons. The number of hydrogen-bond acceptors (Lipinski definition) is 5. The maximum atomic E-state index is 6.15. The largest absolute Gasteiger partial charge is 0.493 e. The van der Waals surface area contributed by atoms with Gasteiger partial charge in [0.1, 0.15) is 19.8 Å². The zero-order valence-electron chi connectivity index (χ0n) is 16.1. The molecule has 0 bridgehead atoms. The molecule has 3 aromatic rings. The highest BCUT2D eigenvalue weighted by atomic mass is 79.9. The Hall–Kier alpha value is -2.86. The molecule has 1 aliphatic rings. The zero-order chi connectivity index (χ0) is 20.1. The molecule has 1 aliphatic heterocycles. The van der Waals surface area contributed by atoms with Gasteiger partial charge in [-0.2, -0.15) is 0 Å². The first kappa shape index (κ1) is 19.5. The number of hydrogen-bond donors (Lipinski definition) is 1. The molecule has 29 heavy (non-hydrogen) atoms. The van der Waals surface area contributed by atoms with Crippen LogP contribution >= 0.6 is 15.9 Å². The lowest BCUT2D eigenvalue weighted by Gasteiger charge is -2.20. The first-order chi connectivity index (χ1) is 14.2. The number of fused-ring (bicyclic) bond motifs is 1. The maximum Gasteiger partial charge on any atom is 0.166 e. The molecule has 0 unspecified atom stereocenters. The molecule has 0 saturated heterocycles. The van der Waals surface area contributed by atoms with Crippen LogP contribution in [-0.4, -0.2) is 20.3 Å². The molecule has 0 atom stereocenters. The SMILES string of the molecule is COc1cc(Br)cc(CNc2ccc3c(c2)OCCO3)c1OCc1ccccc1. The lowest BCUT2D eigenvalue weighted by atomic mass is 10.1. The summed E-state index contributed by atoms with van der Waals surface area (Å²) in [6, 6.07) is 19.9. The summed E-state index contributed by atoms with van der Waals surface area (Å²) in [4.78, 5) is 0. The maximum absolute atomic E-state index is 6.15. The van der Waals surface area contributed by atoms with Gasteiger partial charge in [-0.3, -0.25) is 0 Å². The minimum absolute atomic E-state index is 0.468. The Bertz CT molecular complexity index is 978. The Morgan fingerprint density at radius 2 is 1.76 bits per heavy atom. The molecule has 0 amide bonds. The Labute approximate surface area is 178 Å². The first-order valence-electron chi connectivity index (χ1n) is 9.39. The van der Waals surface area contributed by atoms with Crippen molar-refractivity contribution in [3.8, 4) is 23.0 Å². The molecule has 5 nitrogen and oxygen atoms in total. The van der Waals surface area contributed by atoms with E-state index in [-0.39, 0.29) is 0 Å². The summed E-state index contributed by atoms with van der Waals surface area (Å²) in [5, 5.41) is 3.44. The average molecular weight is 456 g/mol. The molecule has 1 N–H and O–H groups in total. The van der Waals surface area contributed by atoms with Gasteiger partial charge in [-0.1, -0.05) is 46.3 Å². The third kappa shape index (κ3) is 4.77. The number of benzene rings is 3. The fraction of sp³-hybridized carbons (Fsp3) is 0.217. The van der Waals surface area contributed by atoms with E-state index >= 15 is 0 Å². The number of rotatable bonds is 7. The van der Waals surface area contributed by atoms with Crippen molar-refractivity contribution in [2.24, 2.45) is 0 Å². The quantitative estimate of drug-likeness (QED) is 0.515. The van der Waals surface area contributed by atoms with E-state index in [2.05, 4.69) is 21.2 Å². The molecule has 0 radical (unpaired) electrons. The lowest BCUT2D eigenvalue weighted by Crippen LogP contribution is -2.15. The fourth-order valence-electron chi connectivity index (χ4n) is 3.15. The Morgan fingerprint density at radius 1 is 0.966 bits per heavy atom. The van der Waals surface area contributed by atoms with Crippen LogP contribution in [0.3, 0.4) is 0 Å². The van der Waals surface area contributed by atoms with Gasteiger partial charge < -0.3 is 24.3 Å². The number of anilines is 1. The van der Waals surface area contributed by atoms with Gasteiger partial charge in [-0.05, 0) is 29.8 Å². The van der Waals surface area contributed by atoms with Crippen LogP contribution in [-0.2, 0) is 13.2 Å². The second-order valence-corrected chi connectivity index (χ2v) is 7.50. The molecular formula is C23H22BrNO4. The predicted octanol–water partition coefficient (Wildman–Crippen LogP) is 5.42. The number of nitrogens with one attached hydrogen (secondary N) is 1. The van der Waals surface area contributed by atoms with E-state index < -0.39 is 0 Å². The normalized spacial score (nSPS) is 12.3. The van der Waals surface area contributed by atoms with E-state index in [4.69, 9.17) is 18.9 Å². The van der Waals surface area contributed by atoms with Crippen molar-refractivity contribution >= 4 is 21.6 Å². The molecule has 6 heteroatoms. The van der Waals surface area contributed by atoms with Gasteiger partial charge in [0.15, 0.2) is 23.0 Å². The number of methoxy groups -OCH3 is 1. The van der Waals surface area contributed by atoms with Crippen molar-refractivity contribution in [2.45, 2.75) is 13.2 Å². The van der Waals surface area contributed by atoms with Crippen molar-refractivity contribution < 1.29 is 18.9 Å². The highest BCUT2D eigenvalue weighted by Gasteiger charge is 2.15. The molecule has 0 aliphatic carbocycles. The van der Waals surface area contributed by atoms with Crippen LogP contribution in [0.4, 0.5) is 5.69 Å². The Balaban J connectivity index is 1.53. The third-order valence-corrected chi connectivity index (χ3v) is 5.03. The van der Waals surface area contributed by atoms with Gasteiger partial charge >= 0.3 is 0 Å². The smallest absolute Gasteiger partial charge is 0.166 e. The Kier molecular flexibility index (Phi) is 6.10. The van der Waals surface area contributed by atoms with Crippen LogP contribution in [0.1, 0.15) is 11.1 Å². The zero-order valence-corrected chi connectivity index (χ0v) is 17.7. The van der Waals surface area contributed by atoms with E-state index in [9.17, 15) is 0 Å². The minimum Gasteiger partial charge on any atom is -0.493 e. The van der Waals surface area contributed by atoms with Crippen LogP contribution < -0.4 is 24.3 Å². The van der Waals surface area contributed by atoms with Gasteiger partial charge in [-0.25, -0.2) is 0 Å². The highest BCUT2D eigenvalue weighted by Crippen LogP contribution is 2.37. The summed E-state index contributed by atoms with van der Waals surface area (Å²) in [5.74, 6) is 2.95. The van der Waals surface area contributed by atoms with Gasteiger partial charge in [0.05, 0.1) is 7.11 Å². The van der Waals surface area contributed by atoms with Crippen molar-refractivity contribution in [1.29, 1.82) is 0 Å². The van der Waals surface area contributed by atoms with Gasteiger partial charge in [0.25, 0.3) is 0 Å². The predicted molar refractivity (Wildman–Crippen MR) is 116 cm³/mol. The van der Waals surface area contributed by atoms with E-state index in [1.165, 1.54) is 0 Å². The lowest BCUT2D eigenvalue weighted by molar-refractivity contribution is 0.171. The van der Waals surface area contributed by atoms with E-state index in [0.717, 1.165) is 38.5 Å². The molecule has 0 spiro atoms. The second-order valence-electron chi connectivity index (χ2n) is 6.58. The summed E-state index contributed by atoms with van der Waals surface area (Å²) >= 11 is 3.56. The van der Waals surface area contributed by atoms with Crippen LogP contribution in [0.2, 0.25) is 0 Å². The highest BCUT2D eigenvalue weighted by molar-refractivity contribution is 9.10. The van der Waals surface area contributed by atoms with E-state index in [0.29, 0.717) is 32.1 Å². The molecule has 0 saturated carbocycles. The molecule has 0 fully saturated rings. The van der Waals surface area contributed by atoms with Crippen LogP contribution in [0, 0.1) is 0 Å². The molecule has 4 rings (SSSR count). The van der Waals surface area contributed by atoms with Crippen molar-refractivity contribution in [3.05, 3.63) is 76.3 Å². The summed E-state index contributed by atoms with van der Waals surface area (Å²) in [7, 11) is 1.65. The molecule has 0 aromatic heterocycles. The van der Waals surface area contributed by atoms with Crippen LogP contribution in [0.25, 0.3) is 0 Å². The average Bonchev–Trinajstić information content (AvgIpc) is 2.77. The second kappa shape index (κ2) is 9.09. The fourth-order valence-corrected chi connectivity index (χ4v) is 3.63. The van der Waals surface area contributed by atoms with Crippen LogP contribution in [0.15, 0.2) is 65.1 Å². The monoisotopic (exact) mass is 455 g/mol. The third-order valence-electron chi connectivity index (χ3n) is 4.57. The topological polar surface area (TPSA) is 49.0 Å². The Morgan fingerprint density at radius 3 is 2.55 bits per heavy atom. The van der Waals surface area contributed by atoms with E-state index in [1.807, 2.05) is 60.7 Å². The van der Waals surface area contributed by atoms with E-state index in [1.54, 1.807) is 7.11 Å². The number of ether oxygens (including phenoxy) is 4.